The maximum Gasteiger partial charge on any atom is 0.202 e. The third-order valence-electron chi connectivity index (χ3n) is 2.98. The molecule has 0 atom stereocenters. The number of rotatable bonds is 4. The summed E-state index contributed by atoms with van der Waals surface area (Å²) >= 11 is 4.93. The minimum Gasteiger partial charge on any atom is -0.360 e. The SMILES string of the molecule is CC(C)CNc1nc(-c2nc3ccccc3cc2Br)ns1. The highest BCUT2D eigenvalue weighted by atomic mass is 79.9. The van der Waals surface area contributed by atoms with Gasteiger partial charge in [0.2, 0.25) is 5.13 Å². The van der Waals surface area contributed by atoms with Crippen LogP contribution in [0.2, 0.25) is 0 Å². The molecule has 21 heavy (non-hydrogen) atoms. The molecule has 0 unspecified atom stereocenters. The van der Waals surface area contributed by atoms with Crippen LogP contribution in [-0.2, 0) is 0 Å². The Morgan fingerprint density at radius 2 is 2.05 bits per heavy atom. The third-order valence-corrected chi connectivity index (χ3v) is 4.25. The molecule has 1 aromatic carbocycles. The molecule has 0 fully saturated rings. The number of hydrogen-bond donors (Lipinski definition) is 1. The number of fused-ring (bicyclic) bond motifs is 1. The highest BCUT2D eigenvalue weighted by Crippen LogP contribution is 2.29. The van der Waals surface area contributed by atoms with E-state index in [1.54, 1.807) is 0 Å². The lowest BCUT2D eigenvalue weighted by Gasteiger charge is -2.04. The minimum absolute atomic E-state index is 0.572. The molecule has 6 heteroatoms. The van der Waals surface area contributed by atoms with Gasteiger partial charge in [0.15, 0.2) is 5.82 Å². The highest BCUT2D eigenvalue weighted by molar-refractivity contribution is 9.10. The van der Waals surface area contributed by atoms with E-state index in [4.69, 9.17) is 0 Å². The summed E-state index contributed by atoms with van der Waals surface area (Å²) in [7, 11) is 0. The lowest BCUT2D eigenvalue weighted by molar-refractivity contribution is 0.688. The molecule has 4 nitrogen and oxygen atoms in total. The van der Waals surface area contributed by atoms with Crippen molar-refractivity contribution in [3.63, 3.8) is 0 Å². The Balaban J connectivity index is 1.94. The van der Waals surface area contributed by atoms with Crippen molar-refractivity contribution in [3.05, 3.63) is 34.8 Å². The Hall–Kier alpha value is -1.53. The van der Waals surface area contributed by atoms with Gasteiger partial charge in [-0.15, -0.1) is 0 Å². The van der Waals surface area contributed by atoms with Crippen LogP contribution in [0.3, 0.4) is 0 Å². The summed E-state index contributed by atoms with van der Waals surface area (Å²) in [4.78, 5) is 9.18. The zero-order valence-electron chi connectivity index (χ0n) is 11.8. The van der Waals surface area contributed by atoms with Crippen LogP contribution in [0.5, 0.6) is 0 Å². The zero-order valence-corrected chi connectivity index (χ0v) is 14.2. The predicted molar refractivity (Wildman–Crippen MR) is 91.7 cm³/mol. The predicted octanol–water partition coefficient (Wildman–Crippen LogP) is 4.58. The molecule has 0 saturated carbocycles. The quantitative estimate of drug-likeness (QED) is 0.737. The van der Waals surface area contributed by atoms with Crippen LogP contribution in [0.1, 0.15) is 13.8 Å². The van der Waals surface area contributed by atoms with Crippen LogP contribution >= 0.6 is 27.5 Å². The van der Waals surface area contributed by atoms with E-state index in [-0.39, 0.29) is 0 Å². The summed E-state index contributed by atoms with van der Waals surface area (Å²) in [5, 5.41) is 5.23. The summed E-state index contributed by atoms with van der Waals surface area (Å²) in [6.45, 7) is 5.22. The second kappa shape index (κ2) is 6.07. The standard InChI is InChI=1S/C15H15BrN4S/c1-9(2)8-17-15-19-14(20-21-15)13-11(16)7-10-5-3-4-6-12(10)18-13/h3-7,9H,8H2,1-2H3,(H,17,19,20). The maximum absolute atomic E-state index is 4.66. The fraction of sp³-hybridized carbons (Fsp3) is 0.267. The zero-order chi connectivity index (χ0) is 14.8. The van der Waals surface area contributed by atoms with Gasteiger partial charge in [-0.3, -0.25) is 0 Å². The number of benzene rings is 1. The van der Waals surface area contributed by atoms with Crippen molar-refractivity contribution in [1.29, 1.82) is 0 Å². The van der Waals surface area contributed by atoms with Crippen LogP contribution in [0.25, 0.3) is 22.4 Å². The number of pyridine rings is 1. The molecule has 0 saturated heterocycles. The minimum atomic E-state index is 0.572. The number of hydrogen-bond acceptors (Lipinski definition) is 5. The molecule has 2 heterocycles. The van der Waals surface area contributed by atoms with Crippen molar-refractivity contribution in [1.82, 2.24) is 14.3 Å². The topological polar surface area (TPSA) is 50.7 Å². The first-order valence-electron chi connectivity index (χ1n) is 6.76. The summed E-state index contributed by atoms with van der Waals surface area (Å²) in [5.74, 6) is 1.23. The van der Waals surface area contributed by atoms with Gasteiger partial charge >= 0.3 is 0 Å². The molecule has 3 rings (SSSR count). The lowest BCUT2D eigenvalue weighted by Crippen LogP contribution is -2.07. The molecule has 0 radical (unpaired) electrons. The van der Waals surface area contributed by atoms with Gasteiger partial charge in [-0.25, -0.2) is 4.98 Å². The summed E-state index contributed by atoms with van der Waals surface area (Å²) in [5.41, 5.74) is 1.73. The van der Waals surface area contributed by atoms with Crippen LogP contribution in [0.15, 0.2) is 34.8 Å². The molecular formula is C15H15BrN4S. The van der Waals surface area contributed by atoms with E-state index < -0.39 is 0 Å². The maximum atomic E-state index is 4.66. The van der Waals surface area contributed by atoms with Crippen LogP contribution in [-0.4, -0.2) is 20.9 Å². The molecule has 0 aliphatic carbocycles. The largest absolute Gasteiger partial charge is 0.360 e. The molecule has 0 aliphatic heterocycles. The molecule has 108 valence electrons. The molecule has 1 N–H and O–H groups in total. The van der Waals surface area contributed by atoms with E-state index >= 15 is 0 Å². The van der Waals surface area contributed by atoms with Gasteiger partial charge in [-0.2, -0.15) is 9.36 Å². The molecule has 2 aromatic heterocycles. The molecule has 0 amide bonds. The lowest BCUT2D eigenvalue weighted by atomic mass is 10.2. The highest BCUT2D eigenvalue weighted by Gasteiger charge is 2.13. The van der Waals surface area contributed by atoms with Gasteiger partial charge in [-0.05, 0) is 34.0 Å². The fourth-order valence-electron chi connectivity index (χ4n) is 1.93. The second-order valence-electron chi connectivity index (χ2n) is 5.21. The Morgan fingerprint density at radius 3 is 2.86 bits per heavy atom. The van der Waals surface area contributed by atoms with Crippen LogP contribution in [0.4, 0.5) is 5.13 Å². The van der Waals surface area contributed by atoms with Gasteiger partial charge in [-0.1, -0.05) is 32.0 Å². The van der Waals surface area contributed by atoms with Gasteiger partial charge in [0.25, 0.3) is 0 Å². The van der Waals surface area contributed by atoms with Gasteiger partial charge in [0, 0.05) is 27.9 Å². The first-order valence-corrected chi connectivity index (χ1v) is 8.33. The summed E-state index contributed by atoms with van der Waals surface area (Å²) < 4.78 is 5.32. The number of para-hydroxylation sites is 1. The van der Waals surface area contributed by atoms with E-state index in [0.717, 1.165) is 32.7 Å². The Labute approximate surface area is 135 Å². The van der Waals surface area contributed by atoms with E-state index in [1.165, 1.54) is 11.5 Å². The van der Waals surface area contributed by atoms with Crippen molar-refractivity contribution in [2.75, 3.05) is 11.9 Å². The Kier molecular flexibility index (Phi) is 4.17. The molecule has 3 aromatic rings. The van der Waals surface area contributed by atoms with Crippen molar-refractivity contribution >= 4 is 43.5 Å². The van der Waals surface area contributed by atoms with Gasteiger partial charge in [0.05, 0.1) is 5.52 Å². The Morgan fingerprint density at radius 1 is 1.24 bits per heavy atom. The number of nitrogens with zero attached hydrogens (tertiary/aromatic N) is 3. The van der Waals surface area contributed by atoms with E-state index in [9.17, 15) is 0 Å². The second-order valence-corrected chi connectivity index (χ2v) is 6.82. The average molecular weight is 363 g/mol. The van der Waals surface area contributed by atoms with Crippen LogP contribution < -0.4 is 5.32 Å². The van der Waals surface area contributed by atoms with Crippen molar-refractivity contribution in [2.45, 2.75) is 13.8 Å². The van der Waals surface area contributed by atoms with E-state index in [1.807, 2.05) is 24.3 Å². The smallest absolute Gasteiger partial charge is 0.202 e. The Bertz CT molecular complexity index is 769. The van der Waals surface area contributed by atoms with Crippen molar-refractivity contribution in [2.24, 2.45) is 5.92 Å². The van der Waals surface area contributed by atoms with Gasteiger partial charge in [0.1, 0.15) is 5.69 Å². The van der Waals surface area contributed by atoms with Crippen molar-refractivity contribution < 1.29 is 0 Å². The van der Waals surface area contributed by atoms with Gasteiger partial charge < -0.3 is 5.32 Å². The normalized spacial score (nSPS) is 11.2. The average Bonchev–Trinajstić information content (AvgIpc) is 2.93. The number of halogens is 1. The molecule has 0 aliphatic rings. The monoisotopic (exact) mass is 362 g/mol. The fourth-order valence-corrected chi connectivity index (χ4v) is 3.02. The first-order chi connectivity index (χ1) is 10.1. The van der Waals surface area contributed by atoms with E-state index in [0.29, 0.717) is 11.7 Å². The number of anilines is 1. The first kappa shape index (κ1) is 14.4. The number of aromatic nitrogens is 3. The molecule has 0 spiro atoms. The van der Waals surface area contributed by atoms with Crippen molar-refractivity contribution in [3.8, 4) is 11.5 Å². The summed E-state index contributed by atoms with van der Waals surface area (Å²) in [6.07, 6.45) is 0. The van der Waals surface area contributed by atoms with E-state index in [2.05, 4.69) is 55.5 Å². The third kappa shape index (κ3) is 3.22. The van der Waals surface area contributed by atoms with Crippen LogP contribution in [0, 0.1) is 5.92 Å². The molecular weight excluding hydrogens is 348 g/mol. The summed E-state index contributed by atoms with van der Waals surface area (Å²) in [6, 6.07) is 10.1. The molecule has 0 bridgehead atoms. The number of nitrogens with one attached hydrogen (secondary N) is 1.